The topological polar surface area (TPSA) is 64.2 Å². The molecule has 2 heterocycles. The molecule has 0 fully saturated rings. The lowest BCUT2D eigenvalue weighted by molar-refractivity contribution is -0.0668. The summed E-state index contributed by atoms with van der Waals surface area (Å²) in [7, 11) is 1.31. The van der Waals surface area contributed by atoms with E-state index in [1.807, 2.05) is 0 Å². The van der Waals surface area contributed by atoms with Gasteiger partial charge in [-0.15, -0.1) is 0 Å². The van der Waals surface area contributed by atoms with Crippen molar-refractivity contribution in [2.45, 2.75) is 12.8 Å². The minimum atomic E-state index is -3.25. The number of methoxy groups -OCH3 is 1. The number of hydrogen-bond donors (Lipinski definition) is 1. The van der Waals surface area contributed by atoms with Crippen molar-refractivity contribution in [3.63, 3.8) is 0 Å². The minimum absolute atomic E-state index is 0.0424. The van der Waals surface area contributed by atoms with Gasteiger partial charge in [-0.1, -0.05) is 18.2 Å². The van der Waals surface area contributed by atoms with Crippen molar-refractivity contribution in [1.82, 2.24) is 9.97 Å². The smallest absolute Gasteiger partial charge is 0.304 e. The normalized spacial score (nSPS) is 12.2. The van der Waals surface area contributed by atoms with Gasteiger partial charge in [0.25, 0.3) is 6.36 Å². The van der Waals surface area contributed by atoms with Crippen molar-refractivity contribution in [1.29, 1.82) is 0 Å². The molecule has 5 nitrogen and oxygen atoms in total. The lowest BCUT2D eigenvalue weighted by Crippen LogP contribution is -2.19. The number of benzene rings is 2. The molecular formula is C23H16F4N2O3. The monoisotopic (exact) mass is 444 g/mol. The average molecular weight is 444 g/mol. The molecule has 1 N–H and O–H groups in total. The maximum Gasteiger partial charge on any atom is 0.304 e. The van der Waals surface area contributed by atoms with Gasteiger partial charge in [0.15, 0.2) is 17.3 Å². The summed E-state index contributed by atoms with van der Waals surface area (Å²) in [6.07, 6.45) is -2.97. The second-order valence-corrected chi connectivity index (χ2v) is 6.80. The van der Waals surface area contributed by atoms with E-state index in [2.05, 4.69) is 14.7 Å². The summed E-state index contributed by atoms with van der Waals surface area (Å²) < 4.78 is 61.7. The Morgan fingerprint density at radius 1 is 1.03 bits per heavy atom. The predicted molar refractivity (Wildman–Crippen MR) is 109 cm³/mol. The van der Waals surface area contributed by atoms with Crippen LogP contribution < -0.4 is 9.47 Å². The van der Waals surface area contributed by atoms with E-state index in [-0.39, 0.29) is 22.6 Å². The highest BCUT2D eigenvalue weighted by Crippen LogP contribution is 2.29. The fourth-order valence-electron chi connectivity index (χ4n) is 3.25. The third-order valence-electron chi connectivity index (χ3n) is 4.84. The van der Waals surface area contributed by atoms with Crippen LogP contribution in [0.5, 0.6) is 11.5 Å². The first-order valence-corrected chi connectivity index (χ1v) is 9.42. The number of hydrogen-bond acceptors (Lipinski definition) is 4. The fourth-order valence-corrected chi connectivity index (χ4v) is 3.25. The maximum absolute atomic E-state index is 14.6. The number of ether oxygens (including phenoxy) is 2. The molecule has 164 valence electrons. The largest absolute Gasteiger partial charge is 0.494 e. The summed E-state index contributed by atoms with van der Waals surface area (Å²) >= 11 is 0. The number of aromatic amines is 1. The van der Waals surface area contributed by atoms with Gasteiger partial charge >= 0.3 is 6.43 Å². The zero-order chi connectivity index (χ0) is 22.8. The maximum atomic E-state index is 14.6. The van der Waals surface area contributed by atoms with Gasteiger partial charge in [-0.05, 0) is 35.9 Å². The molecule has 1 unspecified atom stereocenters. The summed E-state index contributed by atoms with van der Waals surface area (Å²) in [6.45, 7) is 0. The number of nitrogens with zero attached hydrogens (tertiary/aromatic N) is 1. The van der Waals surface area contributed by atoms with Crippen molar-refractivity contribution in [2.24, 2.45) is 0 Å². The molecule has 2 aromatic heterocycles. The number of carbonyl (C=O) groups is 1. The van der Waals surface area contributed by atoms with Crippen LogP contribution in [0.3, 0.4) is 0 Å². The second kappa shape index (κ2) is 8.70. The van der Waals surface area contributed by atoms with Crippen LogP contribution in [0.25, 0.3) is 22.2 Å². The Morgan fingerprint density at radius 3 is 2.47 bits per heavy atom. The molecule has 0 spiro atoms. The highest BCUT2D eigenvalue weighted by molar-refractivity contribution is 6.16. The number of nitrogens with one attached hydrogen (secondary N) is 1. The van der Waals surface area contributed by atoms with E-state index in [0.717, 1.165) is 0 Å². The Bertz CT molecular complexity index is 1270. The second-order valence-electron chi connectivity index (χ2n) is 6.80. The van der Waals surface area contributed by atoms with Crippen molar-refractivity contribution in [3.05, 3.63) is 77.9 Å². The SMILES string of the molecule is COc1cccc(C(=O)c2c[nH]c3ncc(-c4ccc(OC(F)C(F)F)cc4)cc23)c1F. The Balaban J connectivity index is 1.67. The molecule has 4 aromatic rings. The van der Waals surface area contributed by atoms with E-state index in [0.29, 0.717) is 22.2 Å². The summed E-state index contributed by atoms with van der Waals surface area (Å²) in [4.78, 5) is 20.2. The number of fused-ring (bicyclic) bond motifs is 1. The third kappa shape index (κ3) is 4.01. The van der Waals surface area contributed by atoms with E-state index in [1.165, 1.54) is 43.6 Å². The minimum Gasteiger partial charge on any atom is -0.494 e. The molecule has 9 heteroatoms. The zero-order valence-corrected chi connectivity index (χ0v) is 16.6. The van der Waals surface area contributed by atoms with Gasteiger partial charge in [-0.2, -0.15) is 4.39 Å². The first-order chi connectivity index (χ1) is 15.4. The van der Waals surface area contributed by atoms with Crippen LogP contribution in [-0.2, 0) is 0 Å². The lowest BCUT2D eigenvalue weighted by atomic mass is 10.0. The summed E-state index contributed by atoms with van der Waals surface area (Å²) in [5.74, 6) is -1.40. The standard InChI is InChI=1S/C23H16F4N2O3/c1-31-18-4-2-3-15(19(18)24)20(30)17-11-29-23-16(17)9-13(10-28-23)12-5-7-14(8-6-12)32-22(27)21(25)26/h2-11,21-22H,1H3,(H,28,29). The van der Waals surface area contributed by atoms with Crippen LogP contribution in [0.2, 0.25) is 0 Å². The molecular weight excluding hydrogens is 428 g/mol. The molecule has 0 aliphatic heterocycles. The number of aromatic nitrogens is 2. The number of pyridine rings is 1. The molecule has 0 saturated carbocycles. The number of ketones is 1. The lowest BCUT2D eigenvalue weighted by Gasteiger charge is -2.11. The molecule has 1 atom stereocenters. The molecule has 0 bridgehead atoms. The van der Waals surface area contributed by atoms with Gasteiger partial charge in [0.1, 0.15) is 11.4 Å². The van der Waals surface area contributed by atoms with Crippen molar-refractivity contribution in [3.8, 4) is 22.6 Å². The Labute approximate surface area is 179 Å². The van der Waals surface area contributed by atoms with Crippen molar-refractivity contribution >= 4 is 16.8 Å². The van der Waals surface area contributed by atoms with Crippen LogP contribution in [0.1, 0.15) is 15.9 Å². The van der Waals surface area contributed by atoms with E-state index >= 15 is 0 Å². The first-order valence-electron chi connectivity index (χ1n) is 9.42. The fraction of sp³-hybridized carbons (Fsp3) is 0.130. The quantitative estimate of drug-likeness (QED) is 0.300. The van der Waals surface area contributed by atoms with E-state index in [9.17, 15) is 22.4 Å². The number of rotatable bonds is 7. The summed E-state index contributed by atoms with van der Waals surface area (Å²) in [6, 6.07) is 11.8. The molecule has 0 amide bonds. The van der Waals surface area contributed by atoms with Crippen LogP contribution in [0, 0.1) is 5.82 Å². The molecule has 4 rings (SSSR count). The van der Waals surface area contributed by atoms with Crippen LogP contribution in [-0.4, -0.2) is 35.6 Å². The molecule has 2 aromatic carbocycles. The Kier molecular flexibility index (Phi) is 5.81. The van der Waals surface area contributed by atoms with E-state index in [1.54, 1.807) is 24.4 Å². The van der Waals surface area contributed by atoms with Crippen LogP contribution >= 0.6 is 0 Å². The van der Waals surface area contributed by atoms with Crippen LogP contribution in [0.4, 0.5) is 17.6 Å². The van der Waals surface area contributed by atoms with Gasteiger partial charge in [-0.3, -0.25) is 4.79 Å². The number of carbonyl (C=O) groups excluding carboxylic acids is 1. The zero-order valence-electron chi connectivity index (χ0n) is 16.6. The highest BCUT2D eigenvalue weighted by atomic mass is 19.3. The van der Waals surface area contributed by atoms with Gasteiger partial charge < -0.3 is 14.5 Å². The molecule has 32 heavy (non-hydrogen) atoms. The van der Waals surface area contributed by atoms with Crippen molar-refractivity contribution in [2.75, 3.05) is 7.11 Å². The number of alkyl halides is 3. The van der Waals surface area contributed by atoms with Crippen molar-refractivity contribution < 1.29 is 31.8 Å². The third-order valence-corrected chi connectivity index (χ3v) is 4.84. The Hall–Kier alpha value is -3.88. The van der Waals surface area contributed by atoms with Crippen LogP contribution in [0.15, 0.2) is 60.9 Å². The van der Waals surface area contributed by atoms with E-state index < -0.39 is 24.4 Å². The number of halogens is 4. The van der Waals surface area contributed by atoms with Gasteiger partial charge in [0.05, 0.1) is 12.7 Å². The van der Waals surface area contributed by atoms with Gasteiger partial charge in [-0.25, -0.2) is 18.2 Å². The van der Waals surface area contributed by atoms with Gasteiger partial charge in [0.2, 0.25) is 0 Å². The predicted octanol–water partition coefficient (Wildman–Crippen LogP) is 5.55. The summed E-state index contributed by atoms with van der Waals surface area (Å²) in [5, 5.41) is 0.469. The first kappa shape index (κ1) is 21.4. The Morgan fingerprint density at radius 2 is 1.78 bits per heavy atom. The molecule has 0 radical (unpaired) electrons. The van der Waals surface area contributed by atoms with E-state index in [4.69, 9.17) is 4.74 Å². The average Bonchev–Trinajstić information content (AvgIpc) is 3.22. The molecule has 0 aliphatic carbocycles. The molecule has 0 aliphatic rings. The highest BCUT2D eigenvalue weighted by Gasteiger charge is 2.22. The van der Waals surface area contributed by atoms with Gasteiger partial charge in [0, 0.05) is 28.9 Å². The summed E-state index contributed by atoms with van der Waals surface area (Å²) in [5.41, 5.74) is 1.74. The number of H-pyrrole nitrogens is 1. The molecule has 0 saturated heterocycles.